The molecule has 2 aliphatic carbocycles. The van der Waals surface area contributed by atoms with E-state index in [0.717, 1.165) is 51.1 Å². The van der Waals surface area contributed by atoms with Crippen LogP contribution in [0.1, 0.15) is 71.8 Å². The molecule has 200 valence electrons. The van der Waals surface area contributed by atoms with E-state index < -0.39 is 5.92 Å². The van der Waals surface area contributed by atoms with Gasteiger partial charge in [-0.1, -0.05) is 49.7 Å². The van der Waals surface area contributed by atoms with Gasteiger partial charge in [-0.2, -0.15) is 0 Å². The van der Waals surface area contributed by atoms with Gasteiger partial charge in [0.2, 0.25) is 0 Å². The van der Waals surface area contributed by atoms with E-state index >= 15 is 0 Å². The van der Waals surface area contributed by atoms with Crippen molar-refractivity contribution < 1.29 is 19.1 Å². The second-order valence-electron chi connectivity index (χ2n) is 12.2. The van der Waals surface area contributed by atoms with Gasteiger partial charge in [-0.15, -0.1) is 0 Å². The van der Waals surface area contributed by atoms with Crippen LogP contribution in [-0.2, 0) is 9.59 Å². The summed E-state index contributed by atoms with van der Waals surface area (Å²) in [6.07, 6.45) is 2.40. The maximum atomic E-state index is 14.0. The van der Waals surface area contributed by atoms with Crippen LogP contribution in [0.25, 0.3) is 0 Å². The molecule has 0 aromatic heterocycles. The summed E-state index contributed by atoms with van der Waals surface area (Å²) < 4.78 is 12.4. The molecule has 2 aromatic carbocycles. The molecular weight excluding hydrogens is 542 g/mol. The first-order valence-corrected chi connectivity index (χ1v) is 14.1. The summed E-state index contributed by atoms with van der Waals surface area (Å²) in [5.41, 5.74) is 5.00. The Bertz CT molecular complexity index is 1310. The number of Topliss-reactive ketones (excluding diaryl/α,β-unsaturated/α-hetero) is 2. The predicted octanol–water partition coefficient (Wildman–Crippen LogP) is 7.75. The second kappa shape index (κ2) is 9.71. The Balaban J connectivity index is 1.80. The van der Waals surface area contributed by atoms with Gasteiger partial charge in [0, 0.05) is 51.5 Å². The molecule has 0 unspecified atom stereocenters. The predicted molar refractivity (Wildman–Crippen MR) is 154 cm³/mol. The van der Waals surface area contributed by atoms with Crippen LogP contribution in [0.2, 0.25) is 0 Å². The van der Waals surface area contributed by atoms with Crippen molar-refractivity contribution in [2.24, 2.45) is 10.8 Å². The van der Waals surface area contributed by atoms with Crippen LogP contribution in [0, 0.1) is 10.8 Å². The zero-order chi connectivity index (χ0) is 27.4. The van der Waals surface area contributed by atoms with E-state index in [9.17, 15) is 9.59 Å². The van der Waals surface area contributed by atoms with Gasteiger partial charge >= 0.3 is 0 Å². The Hall–Kier alpha value is -2.86. The molecule has 0 saturated carbocycles. The van der Waals surface area contributed by atoms with E-state index in [2.05, 4.69) is 60.7 Å². The molecule has 3 aliphatic rings. The van der Waals surface area contributed by atoms with Gasteiger partial charge < -0.3 is 14.4 Å². The summed E-state index contributed by atoms with van der Waals surface area (Å²) in [7, 11) is 1.62. The number of ether oxygens (including phenoxy) is 2. The molecule has 0 saturated heterocycles. The Morgan fingerprint density at radius 2 is 1.39 bits per heavy atom. The summed E-state index contributed by atoms with van der Waals surface area (Å²) in [6.45, 7) is 11.1. The lowest BCUT2D eigenvalue weighted by Gasteiger charge is -2.49. The van der Waals surface area contributed by atoms with Gasteiger partial charge in [-0.05, 0) is 72.6 Å². The molecule has 5 nitrogen and oxygen atoms in total. The molecule has 0 bridgehead atoms. The average molecular weight is 579 g/mol. The van der Waals surface area contributed by atoms with Gasteiger partial charge in [-0.25, -0.2) is 0 Å². The lowest BCUT2D eigenvalue weighted by Crippen LogP contribution is -2.44. The van der Waals surface area contributed by atoms with Crippen LogP contribution >= 0.6 is 15.9 Å². The molecule has 5 rings (SSSR count). The molecule has 1 aliphatic heterocycles. The number of methoxy groups -OCH3 is 1. The highest BCUT2D eigenvalue weighted by Gasteiger charge is 2.49. The maximum absolute atomic E-state index is 14.0. The van der Waals surface area contributed by atoms with Crippen molar-refractivity contribution in [2.75, 3.05) is 18.6 Å². The normalized spacial score (nSPS) is 20.9. The van der Waals surface area contributed by atoms with Gasteiger partial charge in [0.15, 0.2) is 23.1 Å². The van der Waals surface area contributed by atoms with Gasteiger partial charge in [0.05, 0.1) is 13.7 Å². The van der Waals surface area contributed by atoms with Crippen LogP contribution < -0.4 is 14.4 Å². The number of halogens is 1. The van der Waals surface area contributed by atoms with Crippen molar-refractivity contribution in [2.45, 2.75) is 66.2 Å². The van der Waals surface area contributed by atoms with E-state index in [0.29, 0.717) is 30.9 Å². The van der Waals surface area contributed by atoms with E-state index in [1.165, 1.54) is 0 Å². The highest BCUT2D eigenvalue weighted by Crippen LogP contribution is 2.56. The van der Waals surface area contributed by atoms with E-state index in [1.54, 1.807) is 7.11 Å². The zero-order valence-corrected chi connectivity index (χ0v) is 24.7. The number of benzene rings is 2. The van der Waals surface area contributed by atoms with E-state index in [4.69, 9.17) is 9.47 Å². The molecule has 0 radical (unpaired) electrons. The number of carbonyl (C=O) groups excluding carboxylic acids is 2. The van der Waals surface area contributed by atoms with Crippen LogP contribution in [-0.4, -0.2) is 25.3 Å². The maximum Gasteiger partial charge on any atom is 0.162 e. The third-order valence-corrected chi connectivity index (χ3v) is 8.34. The number of rotatable bonds is 5. The van der Waals surface area contributed by atoms with Gasteiger partial charge in [0.1, 0.15) is 0 Å². The van der Waals surface area contributed by atoms with Crippen LogP contribution in [0.3, 0.4) is 0 Å². The Kier molecular flexibility index (Phi) is 6.83. The molecule has 0 fully saturated rings. The minimum Gasteiger partial charge on any atom is -0.493 e. The number of ketones is 2. The number of hydrogen-bond acceptors (Lipinski definition) is 5. The van der Waals surface area contributed by atoms with Crippen molar-refractivity contribution in [1.29, 1.82) is 0 Å². The molecule has 2 aromatic rings. The fourth-order valence-electron chi connectivity index (χ4n) is 6.34. The summed E-state index contributed by atoms with van der Waals surface area (Å²) in [6, 6.07) is 14.0. The molecule has 0 spiro atoms. The molecule has 0 atom stereocenters. The number of allylic oxidation sites excluding steroid dienone is 4. The van der Waals surface area contributed by atoms with Crippen molar-refractivity contribution in [1.82, 2.24) is 0 Å². The highest BCUT2D eigenvalue weighted by molar-refractivity contribution is 9.10. The van der Waals surface area contributed by atoms with Crippen molar-refractivity contribution in [3.8, 4) is 11.5 Å². The zero-order valence-electron chi connectivity index (χ0n) is 23.1. The topological polar surface area (TPSA) is 55.8 Å². The first kappa shape index (κ1) is 26.7. The van der Waals surface area contributed by atoms with Crippen molar-refractivity contribution in [3.63, 3.8) is 0 Å². The quantitative estimate of drug-likeness (QED) is 0.363. The fraction of sp³-hybridized carbons (Fsp3) is 0.438. The van der Waals surface area contributed by atoms with Crippen LogP contribution in [0.5, 0.6) is 11.5 Å². The average Bonchev–Trinajstić information content (AvgIpc) is 2.82. The van der Waals surface area contributed by atoms with Crippen molar-refractivity contribution >= 4 is 33.2 Å². The third-order valence-electron chi connectivity index (χ3n) is 7.82. The van der Waals surface area contributed by atoms with Crippen LogP contribution in [0.4, 0.5) is 5.69 Å². The van der Waals surface area contributed by atoms with Crippen LogP contribution in [0.15, 0.2) is 69.5 Å². The van der Waals surface area contributed by atoms with Gasteiger partial charge in [0.25, 0.3) is 0 Å². The summed E-state index contributed by atoms with van der Waals surface area (Å²) in [4.78, 5) is 30.3. The molecular formula is C32H36BrNO4. The molecule has 0 N–H and O–H groups in total. The number of carbonyl (C=O) groups is 2. The molecule has 38 heavy (non-hydrogen) atoms. The van der Waals surface area contributed by atoms with E-state index in [1.807, 2.05) is 37.3 Å². The lowest BCUT2D eigenvalue weighted by atomic mass is 9.63. The summed E-state index contributed by atoms with van der Waals surface area (Å²) >= 11 is 3.56. The molecule has 0 amide bonds. The lowest BCUT2D eigenvalue weighted by molar-refractivity contribution is -0.119. The standard InChI is InChI=1S/C32H36BrNO4/c1-7-38-26-13-8-19(14-27(26)37-6)28-29-22(15-31(2,3)17-24(29)35)34(21-11-9-20(33)10-12-21)23-16-32(4,5)18-25(36)30(23)28/h8-14,28H,7,15-18H2,1-6H3. The van der Waals surface area contributed by atoms with Gasteiger partial charge in [-0.3, -0.25) is 9.59 Å². The Labute approximate surface area is 234 Å². The Morgan fingerprint density at radius 3 is 1.89 bits per heavy atom. The number of nitrogens with zero attached hydrogens (tertiary/aromatic N) is 1. The number of anilines is 1. The minimum absolute atomic E-state index is 0.111. The second-order valence-corrected chi connectivity index (χ2v) is 13.1. The largest absolute Gasteiger partial charge is 0.493 e. The number of hydrogen-bond donors (Lipinski definition) is 0. The van der Waals surface area contributed by atoms with Crippen molar-refractivity contribution in [3.05, 3.63) is 75.0 Å². The third kappa shape index (κ3) is 4.72. The van der Waals surface area contributed by atoms with E-state index in [-0.39, 0.29) is 22.4 Å². The highest BCUT2D eigenvalue weighted by atomic mass is 79.9. The first-order chi connectivity index (χ1) is 17.9. The summed E-state index contributed by atoms with van der Waals surface area (Å²) in [5, 5.41) is 0. The smallest absolute Gasteiger partial charge is 0.162 e. The SMILES string of the molecule is CCOc1ccc(C2C3=C(CC(C)(C)CC3=O)N(c3ccc(Br)cc3)C3=C2C(=O)CC(C)(C)C3)cc1OC. The first-order valence-electron chi connectivity index (χ1n) is 13.3. The molecule has 1 heterocycles. The minimum atomic E-state index is -0.427. The Morgan fingerprint density at radius 1 is 0.842 bits per heavy atom. The monoisotopic (exact) mass is 577 g/mol. The fourth-order valence-corrected chi connectivity index (χ4v) is 6.60. The summed E-state index contributed by atoms with van der Waals surface area (Å²) in [5.74, 6) is 1.06. The molecule has 6 heteroatoms.